The van der Waals surface area contributed by atoms with E-state index in [0.717, 1.165) is 28.0 Å². The second-order valence-electron chi connectivity index (χ2n) is 6.68. The molecule has 4 nitrogen and oxygen atoms in total. The third kappa shape index (κ3) is 3.29. The van der Waals surface area contributed by atoms with Gasteiger partial charge in [0.05, 0.1) is 11.4 Å². The molecule has 1 heterocycles. The maximum atomic E-state index is 13.2. The fraction of sp³-hybridized carbons (Fsp3) is 0.0870. The number of pyridine rings is 1. The first-order chi connectivity index (χ1) is 13.1. The quantitative estimate of drug-likeness (QED) is 0.581. The van der Waals surface area contributed by atoms with Gasteiger partial charge in [-0.15, -0.1) is 0 Å². The van der Waals surface area contributed by atoms with E-state index in [9.17, 15) is 4.79 Å². The molecule has 0 aliphatic heterocycles. The molecule has 134 valence electrons. The molecule has 3 aromatic carbocycles. The van der Waals surface area contributed by atoms with Gasteiger partial charge in [0.1, 0.15) is 0 Å². The molecule has 1 aromatic heterocycles. The Morgan fingerprint density at radius 2 is 1.48 bits per heavy atom. The molecule has 0 aliphatic rings. The standard InChI is InChI=1S/C23H21N3O/c1-25(2)20-14-12-17(13-15-20)22-16-18-8-6-7-11-21(18)23(27)26(22)24-19-9-4-3-5-10-19/h3-16,24H,1-2H3. The molecular formula is C23H21N3O. The molecule has 0 bridgehead atoms. The van der Waals surface area contributed by atoms with Gasteiger partial charge in [0.15, 0.2) is 0 Å². The fourth-order valence-corrected chi connectivity index (χ4v) is 3.15. The second kappa shape index (κ2) is 7.00. The summed E-state index contributed by atoms with van der Waals surface area (Å²) in [6.07, 6.45) is 0. The van der Waals surface area contributed by atoms with Crippen molar-refractivity contribution < 1.29 is 0 Å². The van der Waals surface area contributed by atoms with Crippen LogP contribution in [0.15, 0.2) is 89.7 Å². The Morgan fingerprint density at radius 1 is 0.815 bits per heavy atom. The lowest BCUT2D eigenvalue weighted by molar-refractivity contribution is 0.923. The summed E-state index contributed by atoms with van der Waals surface area (Å²) in [4.78, 5) is 15.2. The molecule has 1 N–H and O–H groups in total. The molecule has 0 saturated carbocycles. The van der Waals surface area contributed by atoms with Crippen molar-refractivity contribution in [3.05, 3.63) is 95.3 Å². The van der Waals surface area contributed by atoms with Crippen LogP contribution in [0.3, 0.4) is 0 Å². The van der Waals surface area contributed by atoms with E-state index in [1.54, 1.807) is 4.68 Å². The predicted molar refractivity (Wildman–Crippen MR) is 113 cm³/mol. The van der Waals surface area contributed by atoms with Crippen LogP contribution in [0.5, 0.6) is 0 Å². The normalized spacial score (nSPS) is 10.7. The minimum absolute atomic E-state index is 0.0661. The topological polar surface area (TPSA) is 37.3 Å². The number of aromatic nitrogens is 1. The minimum Gasteiger partial charge on any atom is -0.378 e. The van der Waals surface area contributed by atoms with Gasteiger partial charge < -0.3 is 4.90 Å². The van der Waals surface area contributed by atoms with Crippen molar-refractivity contribution in [2.24, 2.45) is 0 Å². The highest BCUT2D eigenvalue weighted by molar-refractivity contribution is 5.85. The number of nitrogens with one attached hydrogen (secondary N) is 1. The van der Waals surface area contributed by atoms with Crippen LogP contribution in [-0.4, -0.2) is 18.8 Å². The highest BCUT2D eigenvalue weighted by atomic mass is 16.1. The van der Waals surface area contributed by atoms with Crippen molar-refractivity contribution in [3.8, 4) is 11.3 Å². The van der Waals surface area contributed by atoms with Crippen LogP contribution in [0, 0.1) is 0 Å². The van der Waals surface area contributed by atoms with E-state index in [1.807, 2.05) is 80.8 Å². The molecule has 27 heavy (non-hydrogen) atoms. The van der Waals surface area contributed by atoms with Gasteiger partial charge >= 0.3 is 0 Å². The van der Waals surface area contributed by atoms with Gasteiger partial charge in [0.2, 0.25) is 0 Å². The first-order valence-electron chi connectivity index (χ1n) is 8.88. The molecule has 0 amide bonds. The van der Waals surface area contributed by atoms with Gasteiger partial charge in [-0.05, 0) is 41.8 Å². The molecule has 0 atom stereocenters. The number of para-hydroxylation sites is 1. The Labute approximate surface area is 158 Å². The molecule has 0 unspecified atom stereocenters. The van der Waals surface area contributed by atoms with Crippen LogP contribution in [0.2, 0.25) is 0 Å². The molecule has 4 heteroatoms. The summed E-state index contributed by atoms with van der Waals surface area (Å²) in [5.74, 6) is 0. The average Bonchev–Trinajstić information content (AvgIpc) is 2.71. The molecule has 0 fully saturated rings. The van der Waals surface area contributed by atoms with E-state index in [0.29, 0.717) is 5.39 Å². The Kier molecular flexibility index (Phi) is 4.38. The third-order valence-corrected chi connectivity index (χ3v) is 4.62. The monoisotopic (exact) mass is 355 g/mol. The highest BCUT2D eigenvalue weighted by Crippen LogP contribution is 2.25. The largest absolute Gasteiger partial charge is 0.378 e. The lowest BCUT2D eigenvalue weighted by Crippen LogP contribution is -2.28. The fourth-order valence-electron chi connectivity index (χ4n) is 3.15. The van der Waals surface area contributed by atoms with Gasteiger partial charge in [-0.1, -0.05) is 48.5 Å². The number of hydrogen-bond donors (Lipinski definition) is 1. The zero-order valence-electron chi connectivity index (χ0n) is 15.4. The first kappa shape index (κ1) is 16.9. The first-order valence-corrected chi connectivity index (χ1v) is 8.88. The Hall–Kier alpha value is -3.53. The van der Waals surface area contributed by atoms with Gasteiger partial charge in [-0.3, -0.25) is 10.2 Å². The lowest BCUT2D eigenvalue weighted by Gasteiger charge is -2.18. The van der Waals surface area contributed by atoms with E-state index in [4.69, 9.17) is 0 Å². The summed E-state index contributed by atoms with van der Waals surface area (Å²) in [7, 11) is 4.02. The van der Waals surface area contributed by atoms with Crippen LogP contribution in [0.25, 0.3) is 22.0 Å². The van der Waals surface area contributed by atoms with Crippen molar-refractivity contribution in [2.75, 3.05) is 24.4 Å². The van der Waals surface area contributed by atoms with E-state index in [1.165, 1.54) is 0 Å². The van der Waals surface area contributed by atoms with Gasteiger partial charge in [-0.25, -0.2) is 4.68 Å². The van der Waals surface area contributed by atoms with Gasteiger partial charge in [0.25, 0.3) is 5.56 Å². The molecule has 0 aliphatic carbocycles. The average molecular weight is 355 g/mol. The maximum absolute atomic E-state index is 13.2. The smallest absolute Gasteiger partial charge is 0.277 e. The molecule has 0 saturated heterocycles. The number of benzene rings is 3. The zero-order valence-corrected chi connectivity index (χ0v) is 15.4. The Balaban J connectivity index is 1.92. The summed E-state index contributed by atoms with van der Waals surface area (Å²) in [5.41, 5.74) is 6.98. The summed E-state index contributed by atoms with van der Waals surface area (Å²) < 4.78 is 1.63. The summed E-state index contributed by atoms with van der Waals surface area (Å²) in [6, 6.07) is 27.7. The zero-order chi connectivity index (χ0) is 18.8. The van der Waals surface area contributed by atoms with Gasteiger partial charge in [0, 0.05) is 30.7 Å². The second-order valence-corrected chi connectivity index (χ2v) is 6.68. The van der Waals surface area contributed by atoms with Crippen molar-refractivity contribution in [1.82, 2.24) is 4.68 Å². The van der Waals surface area contributed by atoms with E-state index < -0.39 is 0 Å². The van der Waals surface area contributed by atoms with Crippen molar-refractivity contribution in [2.45, 2.75) is 0 Å². The summed E-state index contributed by atoms with van der Waals surface area (Å²) in [5, 5.41) is 1.62. The molecule has 4 aromatic rings. The molecule has 0 spiro atoms. The number of anilines is 2. The van der Waals surface area contributed by atoms with Crippen LogP contribution in [-0.2, 0) is 0 Å². The third-order valence-electron chi connectivity index (χ3n) is 4.62. The van der Waals surface area contributed by atoms with Crippen molar-refractivity contribution in [3.63, 3.8) is 0 Å². The van der Waals surface area contributed by atoms with Crippen LogP contribution in [0.1, 0.15) is 0 Å². The lowest BCUT2D eigenvalue weighted by atomic mass is 10.1. The van der Waals surface area contributed by atoms with E-state index >= 15 is 0 Å². The highest BCUT2D eigenvalue weighted by Gasteiger charge is 2.11. The number of hydrogen-bond acceptors (Lipinski definition) is 3. The van der Waals surface area contributed by atoms with Crippen LogP contribution in [0.4, 0.5) is 11.4 Å². The Bertz CT molecular complexity index is 1130. The Morgan fingerprint density at radius 3 is 2.19 bits per heavy atom. The van der Waals surface area contributed by atoms with E-state index in [-0.39, 0.29) is 5.56 Å². The summed E-state index contributed by atoms with van der Waals surface area (Å²) >= 11 is 0. The minimum atomic E-state index is -0.0661. The van der Waals surface area contributed by atoms with Crippen LogP contribution >= 0.6 is 0 Å². The number of fused-ring (bicyclic) bond motifs is 1. The predicted octanol–water partition coefficient (Wildman–Crippen LogP) is 4.61. The molecular weight excluding hydrogens is 334 g/mol. The number of rotatable bonds is 4. The SMILES string of the molecule is CN(C)c1ccc(-c2cc3ccccc3c(=O)n2Nc2ccccc2)cc1. The van der Waals surface area contributed by atoms with Crippen molar-refractivity contribution in [1.29, 1.82) is 0 Å². The maximum Gasteiger partial charge on any atom is 0.277 e. The number of nitrogens with zero attached hydrogens (tertiary/aromatic N) is 2. The molecule has 4 rings (SSSR count). The summed E-state index contributed by atoms with van der Waals surface area (Å²) in [6.45, 7) is 0. The molecule has 0 radical (unpaired) electrons. The van der Waals surface area contributed by atoms with Gasteiger partial charge in [-0.2, -0.15) is 0 Å². The van der Waals surface area contributed by atoms with Crippen molar-refractivity contribution >= 4 is 22.1 Å². The van der Waals surface area contributed by atoms with Crippen LogP contribution < -0.4 is 15.9 Å². The van der Waals surface area contributed by atoms with E-state index in [2.05, 4.69) is 28.5 Å².